The van der Waals surface area contributed by atoms with Gasteiger partial charge in [0.05, 0.1) is 11.7 Å². The molecule has 0 aromatic heterocycles. The van der Waals surface area contributed by atoms with Crippen molar-refractivity contribution in [3.05, 3.63) is 33.8 Å². The average Bonchev–Trinajstić information content (AvgIpc) is 2.21. The first-order valence-corrected chi connectivity index (χ1v) is 6.03. The average molecular weight is 286 g/mol. The standard InChI is InChI=1S/C12H16BrNO2/c1-8-4-3-5-10(11(8)13)12(16)14-7-6-9(2)15/h3-5,9,15H,6-7H2,1-2H3,(H,14,16). The maximum absolute atomic E-state index is 11.8. The summed E-state index contributed by atoms with van der Waals surface area (Å²) in [4.78, 5) is 11.8. The van der Waals surface area contributed by atoms with Crippen molar-refractivity contribution in [3.63, 3.8) is 0 Å². The van der Waals surface area contributed by atoms with Crippen LogP contribution in [0.25, 0.3) is 0 Å². The highest BCUT2D eigenvalue weighted by molar-refractivity contribution is 9.10. The van der Waals surface area contributed by atoms with Crippen LogP contribution < -0.4 is 5.32 Å². The zero-order valence-electron chi connectivity index (χ0n) is 9.46. The predicted molar refractivity (Wildman–Crippen MR) is 67.5 cm³/mol. The van der Waals surface area contributed by atoms with Gasteiger partial charge in [-0.25, -0.2) is 0 Å². The van der Waals surface area contributed by atoms with Crippen molar-refractivity contribution in [1.82, 2.24) is 5.32 Å². The molecule has 0 heterocycles. The third-order valence-corrected chi connectivity index (χ3v) is 3.34. The molecule has 3 nitrogen and oxygen atoms in total. The summed E-state index contributed by atoms with van der Waals surface area (Å²) in [6.45, 7) is 4.13. The van der Waals surface area contributed by atoms with E-state index in [0.29, 0.717) is 18.5 Å². The highest BCUT2D eigenvalue weighted by atomic mass is 79.9. The molecule has 0 saturated carbocycles. The number of hydrogen-bond donors (Lipinski definition) is 2. The van der Waals surface area contributed by atoms with E-state index < -0.39 is 0 Å². The lowest BCUT2D eigenvalue weighted by atomic mass is 10.1. The van der Waals surface area contributed by atoms with Gasteiger partial charge in [-0.2, -0.15) is 0 Å². The molecule has 1 amide bonds. The van der Waals surface area contributed by atoms with Crippen LogP contribution in [0.5, 0.6) is 0 Å². The van der Waals surface area contributed by atoms with Gasteiger partial charge < -0.3 is 10.4 Å². The summed E-state index contributed by atoms with van der Waals surface area (Å²) in [6.07, 6.45) is 0.177. The normalized spacial score (nSPS) is 12.2. The van der Waals surface area contributed by atoms with Gasteiger partial charge in [-0.3, -0.25) is 4.79 Å². The SMILES string of the molecule is Cc1cccc(C(=O)NCCC(C)O)c1Br. The van der Waals surface area contributed by atoms with Gasteiger partial charge in [0.15, 0.2) is 0 Å². The quantitative estimate of drug-likeness (QED) is 0.892. The number of aliphatic hydroxyl groups excluding tert-OH is 1. The van der Waals surface area contributed by atoms with Gasteiger partial charge in [-0.15, -0.1) is 0 Å². The molecular weight excluding hydrogens is 270 g/mol. The van der Waals surface area contributed by atoms with E-state index in [1.165, 1.54) is 0 Å². The van der Waals surface area contributed by atoms with Crippen molar-refractivity contribution in [1.29, 1.82) is 0 Å². The van der Waals surface area contributed by atoms with E-state index in [0.717, 1.165) is 10.0 Å². The van der Waals surface area contributed by atoms with Crippen molar-refractivity contribution in [2.45, 2.75) is 26.4 Å². The van der Waals surface area contributed by atoms with Crippen molar-refractivity contribution in [3.8, 4) is 0 Å². The Morgan fingerprint density at radius 3 is 2.88 bits per heavy atom. The molecule has 1 aromatic carbocycles. The highest BCUT2D eigenvalue weighted by Gasteiger charge is 2.10. The maximum atomic E-state index is 11.8. The molecule has 0 bridgehead atoms. The number of aryl methyl sites for hydroxylation is 1. The van der Waals surface area contributed by atoms with E-state index in [4.69, 9.17) is 5.11 Å². The lowest BCUT2D eigenvalue weighted by Gasteiger charge is -2.09. The Balaban J connectivity index is 2.63. The topological polar surface area (TPSA) is 49.3 Å². The van der Waals surface area contributed by atoms with Crippen LogP contribution >= 0.6 is 15.9 Å². The Kier molecular flexibility index (Phi) is 4.96. The molecule has 0 aliphatic carbocycles. The molecule has 0 saturated heterocycles. The molecule has 0 aliphatic rings. The van der Waals surface area contributed by atoms with Gasteiger partial charge in [-0.05, 0) is 47.8 Å². The molecule has 1 rings (SSSR count). The van der Waals surface area contributed by atoms with Gasteiger partial charge >= 0.3 is 0 Å². The van der Waals surface area contributed by atoms with Crippen LogP contribution in [0.2, 0.25) is 0 Å². The number of halogens is 1. The smallest absolute Gasteiger partial charge is 0.252 e. The minimum absolute atomic E-state index is 0.115. The van der Waals surface area contributed by atoms with Crippen LogP contribution in [0.15, 0.2) is 22.7 Å². The van der Waals surface area contributed by atoms with Crippen LogP contribution in [0.1, 0.15) is 29.3 Å². The van der Waals surface area contributed by atoms with E-state index in [-0.39, 0.29) is 12.0 Å². The second-order valence-electron chi connectivity index (χ2n) is 3.83. The summed E-state index contributed by atoms with van der Waals surface area (Å²) in [7, 11) is 0. The summed E-state index contributed by atoms with van der Waals surface area (Å²) in [5.74, 6) is -0.115. The molecule has 2 N–H and O–H groups in total. The van der Waals surface area contributed by atoms with Crippen LogP contribution in [-0.2, 0) is 0 Å². The summed E-state index contributed by atoms with van der Waals surface area (Å²) in [5, 5.41) is 11.8. The monoisotopic (exact) mass is 285 g/mol. The van der Waals surface area contributed by atoms with Crippen molar-refractivity contribution in [2.24, 2.45) is 0 Å². The molecule has 0 fully saturated rings. The van der Waals surface area contributed by atoms with Crippen LogP contribution in [0.4, 0.5) is 0 Å². The molecular formula is C12H16BrNO2. The second kappa shape index (κ2) is 6.01. The van der Waals surface area contributed by atoms with Crippen LogP contribution in [0, 0.1) is 6.92 Å². The number of benzene rings is 1. The fourth-order valence-corrected chi connectivity index (χ4v) is 1.76. The fraction of sp³-hybridized carbons (Fsp3) is 0.417. The minimum Gasteiger partial charge on any atom is -0.393 e. The zero-order valence-corrected chi connectivity index (χ0v) is 11.0. The van der Waals surface area contributed by atoms with Gasteiger partial charge in [0.25, 0.3) is 5.91 Å². The summed E-state index contributed by atoms with van der Waals surface area (Å²) in [6, 6.07) is 5.56. The minimum atomic E-state index is -0.388. The molecule has 88 valence electrons. The Hall–Kier alpha value is -0.870. The van der Waals surface area contributed by atoms with Gasteiger partial charge in [0.1, 0.15) is 0 Å². The predicted octanol–water partition coefficient (Wildman–Crippen LogP) is 2.26. The van der Waals surface area contributed by atoms with Crippen molar-refractivity contribution < 1.29 is 9.90 Å². The Bertz CT molecular complexity index is 377. The zero-order chi connectivity index (χ0) is 12.1. The van der Waals surface area contributed by atoms with Gasteiger partial charge in [0.2, 0.25) is 0 Å². The lowest BCUT2D eigenvalue weighted by molar-refractivity contribution is 0.0944. The number of hydrogen-bond acceptors (Lipinski definition) is 2. The number of carbonyl (C=O) groups is 1. The molecule has 0 aliphatic heterocycles. The van der Waals surface area contributed by atoms with Crippen molar-refractivity contribution in [2.75, 3.05) is 6.54 Å². The molecule has 16 heavy (non-hydrogen) atoms. The maximum Gasteiger partial charge on any atom is 0.252 e. The molecule has 0 radical (unpaired) electrons. The van der Waals surface area contributed by atoms with Crippen molar-refractivity contribution >= 4 is 21.8 Å². The number of carbonyl (C=O) groups excluding carboxylic acids is 1. The lowest BCUT2D eigenvalue weighted by Crippen LogP contribution is -2.26. The summed E-state index contributed by atoms with van der Waals surface area (Å²) >= 11 is 3.39. The Morgan fingerprint density at radius 2 is 2.25 bits per heavy atom. The van der Waals surface area contributed by atoms with E-state index in [9.17, 15) is 4.79 Å². The third kappa shape index (κ3) is 3.61. The molecule has 0 spiro atoms. The van der Waals surface area contributed by atoms with Crippen LogP contribution in [0.3, 0.4) is 0 Å². The first-order chi connectivity index (χ1) is 7.52. The van der Waals surface area contributed by atoms with Crippen LogP contribution in [-0.4, -0.2) is 23.7 Å². The second-order valence-corrected chi connectivity index (χ2v) is 4.62. The summed E-state index contributed by atoms with van der Waals surface area (Å²) < 4.78 is 0.824. The molecule has 4 heteroatoms. The number of nitrogens with one attached hydrogen (secondary N) is 1. The number of rotatable bonds is 4. The largest absolute Gasteiger partial charge is 0.393 e. The Labute approximate surface area is 104 Å². The van der Waals surface area contributed by atoms with Gasteiger partial charge in [0, 0.05) is 11.0 Å². The fourth-order valence-electron chi connectivity index (χ4n) is 1.31. The third-order valence-electron chi connectivity index (χ3n) is 2.28. The first kappa shape index (κ1) is 13.2. The number of aliphatic hydroxyl groups is 1. The molecule has 1 unspecified atom stereocenters. The molecule has 1 atom stereocenters. The van der Waals surface area contributed by atoms with E-state index >= 15 is 0 Å². The van der Waals surface area contributed by atoms with E-state index in [1.807, 2.05) is 19.1 Å². The first-order valence-electron chi connectivity index (χ1n) is 5.23. The van der Waals surface area contributed by atoms with E-state index in [2.05, 4.69) is 21.2 Å². The highest BCUT2D eigenvalue weighted by Crippen LogP contribution is 2.20. The summed E-state index contributed by atoms with van der Waals surface area (Å²) in [5.41, 5.74) is 1.66. The Morgan fingerprint density at radius 1 is 1.56 bits per heavy atom. The van der Waals surface area contributed by atoms with Gasteiger partial charge in [-0.1, -0.05) is 12.1 Å². The number of amides is 1. The molecule has 1 aromatic rings. The van der Waals surface area contributed by atoms with E-state index in [1.54, 1.807) is 13.0 Å².